The zero-order valence-electron chi connectivity index (χ0n) is 4.81. The number of nitrogens with two attached hydrogens (primary N) is 2. The third-order valence-electron chi connectivity index (χ3n) is 0.860. The van der Waals surface area contributed by atoms with E-state index >= 15 is 0 Å². The number of nitrogens with zero attached hydrogens (tertiary/aromatic N) is 2. The quantitative estimate of drug-likeness (QED) is 0.621. The molecule has 0 atom stereocenters. The van der Waals surface area contributed by atoms with Crippen LogP contribution in [0.15, 0.2) is 0 Å². The number of rotatable bonds is 0. The molecule has 0 saturated carbocycles. The SMILES string of the molecule is Nc1nc(N)c(Cl)nc1Cl. The molecule has 0 saturated heterocycles. The molecule has 0 bridgehead atoms. The van der Waals surface area contributed by atoms with E-state index in [9.17, 15) is 0 Å². The van der Waals surface area contributed by atoms with Gasteiger partial charge in [-0.2, -0.15) is 0 Å². The smallest absolute Gasteiger partial charge is 0.173 e. The highest BCUT2D eigenvalue weighted by atomic mass is 35.5. The Bertz CT molecular complexity index is 211. The van der Waals surface area contributed by atoms with Crippen molar-refractivity contribution in [3.63, 3.8) is 0 Å². The van der Waals surface area contributed by atoms with E-state index in [2.05, 4.69) is 9.97 Å². The number of hydrogen-bond acceptors (Lipinski definition) is 4. The van der Waals surface area contributed by atoms with Crippen molar-refractivity contribution in [3.05, 3.63) is 10.3 Å². The van der Waals surface area contributed by atoms with Gasteiger partial charge in [-0.05, 0) is 0 Å². The average Bonchev–Trinajstić information content (AvgIpc) is 1.84. The topological polar surface area (TPSA) is 77.8 Å². The second-order valence-electron chi connectivity index (χ2n) is 1.58. The van der Waals surface area contributed by atoms with Gasteiger partial charge in [-0.3, -0.25) is 0 Å². The lowest BCUT2D eigenvalue weighted by molar-refractivity contribution is 1.22. The van der Waals surface area contributed by atoms with Gasteiger partial charge in [0.05, 0.1) is 0 Å². The molecule has 4 nitrogen and oxygen atoms in total. The minimum atomic E-state index is 0.0687. The Balaban J connectivity index is 3.28. The van der Waals surface area contributed by atoms with Crippen LogP contribution in [-0.2, 0) is 0 Å². The van der Waals surface area contributed by atoms with Crippen LogP contribution in [-0.4, -0.2) is 9.97 Å². The van der Waals surface area contributed by atoms with Crippen LogP contribution in [0.3, 0.4) is 0 Å². The average molecular weight is 179 g/mol. The standard InChI is InChI=1S/C4H4Cl2N4/c5-1-3(7)10-4(8)2(6)9-1/h(H4,7,8,10). The molecular weight excluding hydrogens is 175 g/mol. The van der Waals surface area contributed by atoms with E-state index in [4.69, 9.17) is 34.7 Å². The van der Waals surface area contributed by atoms with Gasteiger partial charge in [-0.25, -0.2) is 9.97 Å². The maximum Gasteiger partial charge on any atom is 0.173 e. The molecule has 0 fully saturated rings. The molecule has 0 radical (unpaired) electrons. The Hall–Kier alpha value is -0.740. The summed E-state index contributed by atoms with van der Waals surface area (Å²) in [6.45, 7) is 0. The Morgan fingerprint density at radius 2 is 1.30 bits per heavy atom. The van der Waals surface area contributed by atoms with Gasteiger partial charge in [-0.15, -0.1) is 0 Å². The van der Waals surface area contributed by atoms with Gasteiger partial charge in [0.1, 0.15) is 0 Å². The Morgan fingerprint density at radius 1 is 0.900 bits per heavy atom. The predicted molar refractivity (Wildman–Crippen MR) is 40.9 cm³/mol. The molecule has 0 unspecified atom stereocenters. The minimum absolute atomic E-state index is 0.0687. The highest BCUT2D eigenvalue weighted by Crippen LogP contribution is 2.20. The van der Waals surface area contributed by atoms with Gasteiger partial charge >= 0.3 is 0 Å². The van der Waals surface area contributed by atoms with Crippen molar-refractivity contribution in [1.82, 2.24) is 9.97 Å². The first-order chi connectivity index (χ1) is 4.61. The summed E-state index contributed by atoms with van der Waals surface area (Å²) in [7, 11) is 0. The van der Waals surface area contributed by atoms with Crippen LogP contribution in [0, 0.1) is 0 Å². The van der Waals surface area contributed by atoms with E-state index in [-0.39, 0.29) is 21.9 Å². The van der Waals surface area contributed by atoms with Crippen LogP contribution in [0.4, 0.5) is 11.6 Å². The summed E-state index contributed by atoms with van der Waals surface area (Å²) in [6, 6.07) is 0. The summed E-state index contributed by atoms with van der Waals surface area (Å²) in [5.74, 6) is 0.173. The van der Waals surface area contributed by atoms with Gasteiger partial charge in [0.2, 0.25) is 0 Å². The van der Waals surface area contributed by atoms with E-state index in [1.165, 1.54) is 0 Å². The van der Waals surface area contributed by atoms with Crippen molar-refractivity contribution in [2.75, 3.05) is 11.5 Å². The molecule has 10 heavy (non-hydrogen) atoms. The summed E-state index contributed by atoms with van der Waals surface area (Å²) in [6.07, 6.45) is 0. The summed E-state index contributed by atoms with van der Waals surface area (Å²) in [5.41, 5.74) is 10.5. The second kappa shape index (κ2) is 2.48. The van der Waals surface area contributed by atoms with E-state index in [0.29, 0.717) is 0 Å². The Morgan fingerprint density at radius 3 is 1.60 bits per heavy atom. The van der Waals surface area contributed by atoms with Crippen LogP contribution in [0.1, 0.15) is 0 Å². The molecule has 0 aromatic carbocycles. The highest BCUT2D eigenvalue weighted by Gasteiger charge is 2.03. The maximum absolute atomic E-state index is 5.45. The second-order valence-corrected chi connectivity index (χ2v) is 2.29. The van der Waals surface area contributed by atoms with Crippen LogP contribution in [0.2, 0.25) is 10.3 Å². The fourth-order valence-corrected chi connectivity index (χ4v) is 0.720. The monoisotopic (exact) mass is 178 g/mol. The number of hydrogen-bond donors (Lipinski definition) is 2. The van der Waals surface area contributed by atoms with Crippen molar-refractivity contribution in [1.29, 1.82) is 0 Å². The number of nitrogen functional groups attached to an aromatic ring is 2. The van der Waals surface area contributed by atoms with E-state index in [1.807, 2.05) is 0 Å². The van der Waals surface area contributed by atoms with Crippen LogP contribution in [0.25, 0.3) is 0 Å². The molecule has 0 amide bonds. The van der Waals surface area contributed by atoms with E-state index < -0.39 is 0 Å². The predicted octanol–water partition coefficient (Wildman–Crippen LogP) is 0.948. The van der Waals surface area contributed by atoms with Crippen molar-refractivity contribution in [2.45, 2.75) is 0 Å². The molecule has 0 aliphatic rings. The number of anilines is 2. The minimum Gasteiger partial charge on any atom is -0.381 e. The highest BCUT2D eigenvalue weighted by molar-refractivity contribution is 6.34. The molecule has 1 aromatic rings. The molecule has 54 valence electrons. The first kappa shape index (κ1) is 7.37. The van der Waals surface area contributed by atoms with Crippen molar-refractivity contribution in [2.24, 2.45) is 0 Å². The third-order valence-corrected chi connectivity index (χ3v) is 1.42. The molecule has 0 aliphatic carbocycles. The fraction of sp³-hybridized carbons (Fsp3) is 0. The largest absolute Gasteiger partial charge is 0.381 e. The molecule has 1 aromatic heterocycles. The lowest BCUT2D eigenvalue weighted by atomic mass is 10.6. The van der Waals surface area contributed by atoms with Crippen molar-refractivity contribution < 1.29 is 0 Å². The van der Waals surface area contributed by atoms with Gasteiger partial charge in [-0.1, -0.05) is 23.2 Å². The Kier molecular flexibility index (Phi) is 1.82. The fourth-order valence-electron chi connectivity index (χ4n) is 0.423. The summed E-state index contributed by atoms with van der Waals surface area (Å²) < 4.78 is 0. The van der Waals surface area contributed by atoms with Crippen LogP contribution >= 0.6 is 23.2 Å². The number of aromatic nitrogens is 2. The van der Waals surface area contributed by atoms with E-state index in [0.717, 1.165) is 0 Å². The van der Waals surface area contributed by atoms with Gasteiger partial charge < -0.3 is 11.5 Å². The maximum atomic E-state index is 5.45. The molecule has 4 N–H and O–H groups in total. The van der Waals surface area contributed by atoms with Gasteiger partial charge in [0.15, 0.2) is 21.9 Å². The lowest BCUT2D eigenvalue weighted by Gasteiger charge is -1.98. The van der Waals surface area contributed by atoms with Crippen molar-refractivity contribution in [3.8, 4) is 0 Å². The third kappa shape index (κ3) is 1.22. The van der Waals surface area contributed by atoms with Gasteiger partial charge in [0.25, 0.3) is 0 Å². The molecular formula is C4H4Cl2N4. The summed E-state index contributed by atoms with van der Waals surface area (Å²) in [5, 5.41) is 0.137. The van der Waals surface area contributed by atoms with Crippen LogP contribution < -0.4 is 11.5 Å². The molecule has 1 heterocycles. The van der Waals surface area contributed by atoms with Crippen molar-refractivity contribution >= 4 is 34.8 Å². The summed E-state index contributed by atoms with van der Waals surface area (Å²) >= 11 is 10.9. The molecule has 6 heteroatoms. The number of halogens is 2. The first-order valence-corrected chi connectivity index (χ1v) is 3.11. The zero-order valence-corrected chi connectivity index (χ0v) is 6.32. The van der Waals surface area contributed by atoms with Gasteiger partial charge in [0, 0.05) is 0 Å². The van der Waals surface area contributed by atoms with Crippen LogP contribution in [0.5, 0.6) is 0 Å². The first-order valence-electron chi connectivity index (χ1n) is 2.35. The normalized spacial score (nSPS) is 9.80. The zero-order chi connectivity index (χ0) is 7.72. The molecule has 1 rings (SSSR count). The summed E-state index contributed by atoms with van der Waals surface area (Å²) in [4.78, 5) is 7.19. The Labute approximate surface area is 67.2 Å². The van der Waals surface area contributed by atoms with E-state index in [1.54, 1.807) is 0 Å². The molecule has 0 aliphatic heterocycles. The molecule has 0 spiro atoms. The lowest BCUT2D eigenvalue weighted by Crippen LogP contribution is -1.99.